The molecule has 0 fully saturated rings. The number of thiazole rings is 1. The zero-order chi connectivity index (χ0) is 13.8. The van der Waals surface area contributed by atoms with Gasteiger partial charge in [-0.15, -0.1) is 0 Å². The Balaban J connectivity index is 2.13. The summed E-state index contributed by atoms with van der Waals surface area (Å²) in [7, 11) is 1.56. The highest BCUT2D eigenvalue weighted by Gasteiger charge is 2.11. The quantitative estimate of drug-likeness (QED) is 0.864. The van der Waals surface area contributed by atoms with Gasteiger partial charge in [-0.25, -0.2) is 4.98 Å². The number of carbonyl (C=O) groups excluding carboxylic acids is 2. The predicted molar refractivity (Wildman–Crippen MR) is 71.4 cm³/mol. The first-order valence-electron chi connectivity index (χ1n) is 5.47. The highest BCUT2D eigenvalue weighted by atomic mass is 32.1. The lowest BCUT2D eigenvalue weighted by Crippen LogP contribution is -2.19. The van der Waals surface area contributed by atoms with Crippen LogP contribution in [0.1, 0.15) is 6.92 Å². The molecular weight excluding hydrogens is 268 g/mol. The molecule has 7 heteroatoms. The number of benzene rings is 1. The third-order valence-corrected chi connectivity index (χ3v) is 3.19. The van der Waals surface area contributed by atoms with Gasteiger partial charge in [0.05, 0.1) is 11.8 Å². The Morgan fingerprint density at radius 2 is 2.21 bits per heavy atom. The number of nitrogens with one attached hydrogen (secondary N) is 1. The summed E-state index contributed by atoms with van der Waals surface area (Å²) in [5, 5.41) is 3.02. The predicted octanol–water partition coefficient (Wildman–Crippen LogP) is 1.81. The van der Waals surface area contributed by atoms with Crippen molar-refractivity contribution >= 4 is 38.6 Å². The Kier molecular flexibility index (Phi) is 3.96. The van der Waals surface area contributed by atoms with Crippen LogP contribution in [0.4, 0.5) is 5.13 Å². The van der Waals surface area contributed by atoms with Crippen LogP contribution in [-0.2, 0) is 14.3 Å². The Bertz CT molecular complexity index is 623. The summed E-state index contributed by atoms with van der Waals surface area (Å²) in [6, 6.07) is 5.54. The minimum absolute atomic E-state index is 0.317. The topological polar surface area (TPSA) is 77.5 Å². The highest BCUT2D eigenvalue weighted by molar-refractivity contribution is 7.22. The van der Waals surface area contributed by atoms with Crippen LogP contribution in [0.2, 0.25) is 0 Å². The second-order valence-corrected chi connectivity index (χ2v) is 4.69. The summed E-state index contributed by atoms with van der Waals surface area (Å²) in [4.78, 5) is 26.4. The molecule has 0 unspecified atom stereocenters. The van der Waals surface area contributed by atoms with E-state index in [1.54, 1.807) is 13.2 Å². The van der Waals surface area contributed by atoms with E-state index in [1.807, 2.05) is 12.1 Å². The van der Waals surface area contributed by atoms with Crippen LogP contribution < -0.4 is 10.1 Å². The van der Waals surface area contributed by atoms with Gasteiger partial charge in [-0.05, 0) is 12.1 Å². The molecule has 2 aromatic rings. The molecule has 1 heterocycles. The minimum atomic E-state index is -0.499. The number of anilines is 1. The van der Waals surface area contributed by atoms with Crippen molar-refractivity contribution in [2.45, 2.75) is 6.92 Å². The van der Waals surface area contributed by atoms with Crippen molar-refractivity contribution < 1.29 is 19.1 Å². The second-order valence-electron chi connectivity index (χ2n) is 3.65. The maximum Gasteiger partial charge on any atom is 0.303 e. The fourth-order valence-electron chi connectivity index (χ4n) is 1.46. The van der Waals surface area contributed by atoms with Gasteiger partial charge >= 0.3 is 5.97 Å². The largest absolute Gasteiger partial charge is 0.494 e. The van der Waals surface area contributed by atoms with Crippen LogP contribution in [0.15, 0.2) is 18.2 Å². The smallest absolute Gasteiger partial charge is 0.303 e. The van der Waals surface area contributed by atoms with E-state index in [4.69, 9.17) is 4.74 Å². The second kappa shape index (κ2) is 5.66. The first kappa shape index (κ1) is 13.3. The van der Waals surface area contributed by atoms with Crippen LogP contribution >= 0.6 is 11.3 Å². The summed E-state index contributed by atoms with van der Waals surface area (Å²) in [6.07, 6.45) is 0. The van der Waals surface area contributed by atoms with E-state index >= 15 is 0 Å². The molecule has 19 heavy (non-hydrogen) atoms. The van der Waals surface area contributed by atoms with Gasteiger partial charge in [-0.3, -0.25) is 14.9 Å². The molecule has 0 atom stereocenters. The molecule has 0 aliphatic heterocycles. The van der Waals surface area contributed by atoms with Gasteiger partial charge in [0.15, 0.2) is 11.7 Å². The lowest BCUT2D eigenvalue weighted by atomic mass is 10.3. The molecule has 6 nitrogen and oxygen atoms in total. The molecule has 2 rings (SSSR count). The van der Waals surface area contributed by atoms with E-state index < -0.39 is 11.9 Å². The Morgan fingerprint density at radius 3 is 2.89 bits per heavy atom. The van der Waals surface area contributed by atoms with Crippen molar-refractivity contribution in [1.82, 2.24) is 4.98 Å². The van der Waals surface area contributed by atoms with Crippen molar-refractivity contribution in [2.75, 3.05) is 19.0 Å². The monoisotopic (exact) mass is 280 g/mol. The molecule has 0 bridgehead atoms. The van der Waals surface area contributed by atoms with Crippen LogP contribution in [-0.4, -0.2) is 30.6 Å². The molecule has 1 amide bonds. The summed E-state index contributed by atoms with van der Waals surface area (Å²) in [6.45, 7) is 0.929. The van der Waals surface area contributed by atoms with E-state index in [0.717, 1.165) is 4.70 Å². The molecule has 1 aromatic heterocycles. The molecule has 0 saturated carbocycles. The van der Waals surface area contributed by atoms with Gasteiger partial charge in [0, 0.05) is 6.92 Å². The summed E-state index contributed by atoms with van der Waals surface area (Å²) in [5.74, 6) is -0.274. The number of carbonyl (C=O) groups is 2. The fourth-order valence-corrected chi connectivity index (χ4v) is 2.36. The number of hydrogen-bond acceptors (Lipinski definition) is 6. The number of rotatable bonds is 4. The van der Waals surface area contributed by atoms with Gasteiger partial charge in [0.25, 0.3) is 5.91 Å². The normalized spacial score (nSPS) is 10.2. The van der Waals surface area contributed by atoms with Crippen molar-refractivity contribution in [3.8, 4) is 5.75 Å². The van der Waals surface area contributed by atoms with E-state index in [2.05, 4.69) is 15.0 Å². The van der Waals surface area contributed by atoms with E-state index in [9.17, 15) is 9.59 Å². The summed E-state index contributed by atoms with van der Waals surface area (Å²) in [5.41, 5.74) is 0.692. The number of nitrogens with zero attached hydrogens (tertiary/aromatic N) is 1. The molecule has 100 valence electrons. The van der Waals surface area contributed by atoms with Gasteiger partial charge in [0.2, 0.25) is 0 Å². The number of hydrogen-bond donors (Lipinski definition) is 1. The van der Waals surface area contributed by atoms with Crippen LogP contribution in [0.5, 0.6) is 5.75 Å². The first-order chi connectivity index (χ1) is 9.10. The van der Waals surface area contributed by atoms with E-state index in [0.29, 0.717) is 16.4 Å². The van der Waals surface area contributed by atoms with Crippen LogP contribution in [0.3, 0.4) is 0 Å². The maximum absolute atomic E-state index is 11.5. The lowest BCUT2D eigenvalue weighted by Gasteiger charge is -2.01. The van der Waals surface area contributed by atoms with Crippen LogP contribution in [0.25, 0.3) is 10.2 Å². The van der Waals surface area contributed by atoms with E-state index in [1.165, 1.54) is 18.3 Å². The number of ether oxygens (including phenoxy) is 2. The van der Waals surface area contributed by atoms with Crippen molar-refractivity contribution in [2.24, 2.45) is 0 Å². The van der Waals surface area contributed by atoms with Crippen molar-refractivity contribution in [3.63, 3.8) is 0 Å². The Labute approximate surface area is 113 Å². The molecular formula is C12H12N2O4S. The lowest BCUT2D eigenvalue weighted by molar-refractivity contribution is -0.144. The maximum atomic E-state index is 11.5. The number of methoxy groups -OCH3 is 1. The third-order valence-electron chi connectivity index (χ3n) is 2.25. The molecule has 1 N–H and O–H groups in total. The van der Waals surface area contributed by atoms with Crippen molar-refractivity contribution in [3.05, 3.63) is 18.2 Å². The average Bonchev–Trinajstić information content (AvgIpc) is 2.78. The van der Waals surface area contributed by atoms with E-state index in [-0.39, 0.29) is 6.61 Å². The van der Waals surface area contributed by atoms with Gasteiger partial charge in [-0.2, -0.15) is 0 Å². The van der Waals surface area contributed by atoms with Gasteiger partial charge < -0.3 is 9.47 Å². The summed E-state index contributed by atoms with van der Waals surface area (Å²) < 4.78 is 10.7. The number of esters is 1. The number of fused-ring (bicyclic) bond motifs is 1. The van der Waals surface area contributed by atoms with Crippen LogP contribution in [0, 0.1) is 0 Å². The fraction of sp³-hybridized carbons (Fsp3) is 0.250. The Hall–Kier alpha value is -2.15. The van der Waals surface area contributed by atoms with Gasteiger partial charge in [0.1, 0.15) is 11.3 Å². The average molecular weight is 280 g/mol. The molecule has 1 aromatic carbocycles. The third kappa shape index (κ3) is 3.19. The molecule has 0 saturated heterocycles. The summed E-state index contributed by atoms with van der Waals surface area (Å²) >= 11 is 1.33. The van der Waals surface area contributed by atoms with Crippen molar-refractivity contribution in [1.29, 1.82) is 0 Å². The number of para-hydroxylation sites is 1. The Morgan fingerprint density at radius 1 is 1.42 bits per heavy atom. The standard InChI is InChI=1S/C12H12N2O4S/c1-7(15)18-6-10(16)13-12-14-11-8(17-2)4-3-5-9(11)19-12/h3-5H,6H2,1-2H3,(H,13,14,16). The molecule has 0 aliphatic rings. The molecule has 0 spiro atoms. The zero-order valence-corrected chi connectivity index (χ0v) is 11.2. The number of amides is 1. The highest BCUT2D eigenvalue weighted by Crippen LogP contribution is 2.31. The zero-order valence-electron chi connectivity index (χ0n) is 10.4. The number of aromatic nitrogens is 1. The minimum Gasteiger partial charge on any atom is -0.494 e. The van der Waals surface area contributed by atoms with Gasteiger partial charge in [-0.1, -0.05) is 17.4 Å². The first-order valence-corrected chi connectivity index (χ1v) is 6.28. The molecule has 0 radical (unpaired) electrons. The molecule has 0 aliphatic carbocycles. The SMILES string of the molecule is COc1cccc2sc(NC(=O)COC(C)=O)nc12.